The maximum absolute atomic E-state index is 10.5. The summed E-state index contributed by atoms with van der Waals surface area (Å²) >= 11 is 0. The molecule has 5 nitrogen and oxygen atoms in total. The summed E-state index contributed by atoms with van der Waals surface area (Å²) in [6.07, 6.45) is 7.35. The Morgan fingerprint density at radius 1 is 1.21 bits per heavy atom. The van der Waals surface area contributed by atoms with E-state index in [9.17, 15) is 15.0 Å². The first-order valence-electron chi connectivity index (χ1n) is 8.51. The Morgan fingerprint density at radius 2 is 1.88 bits per heavy atom. The normalized spacial score (nSPS) is 33.0. The van der Waals surface area contributed by atoms with Crippen molar-refractivity contribution in [3.8, 4) is 0 Å². The summed E-state index contributed by atoms with van der Waals surface area (Å²) in [7, 11) is 0. The predicted octanol–water partition coefficient (Wildman–Crippen LogP) is 2.73. The highest BCUT2D eigenvalue weighted by atomic mass is 16.6. The van der Waals surface area contributed by atoms with E-state index >= 15 is 0 Å². The van der Waals surface area contributed by atoms with E-state index in [1.807, 2.05) is 13.8 Å². The zero-order chi connectivity index (χ0) is 17.9. The average molecular weight is 336 g/mol. The highest BCUT2D eigenvalue weighted by Crippen LogP contribution is 2.50. The fraction of sp³-hybridized carbons (Fsp3) is 0.632. The first-order valence-corrected chi connectivity index (χ1v) is 8.51. The van der Waals surface area contributed by atoms with E-state index in [-0.39, 0.29) is 12.5 Å². The number of aliphatic hydroxyl groups is 2. The second-order valence-electron chi connectivity index (χ2n) is 7.03. The maximum atomic E-state index is 10.5. The van der Waals surface area contributed by atoms with Gasteiger partial charge in [0.1, 0.15) is 23.9 Å². The van der Waals surface area contributed by atoms with Crippen LogP contribution in [0.15, 0.2) is 34.9 Å². The minimum Gasteiger partial charge on any atom is -0.481 e. The van der Waals surface area contributed by atoms with E-state index in [2.05, 4.69) is 12.2 Å². The van der Waals surface area contributed by atoms with Crippen LogP contribution in [0.3, 0.4) is 0 Å². The van der Waals surface area contributed by atoms with E-state index in [1.165, 1.54) is 5.57 Å². The predicted molar refractivity (Wildman–Crippen MR) is 91.6 cm³/mol. The molecule has 0 aromatic rings. The molecule has 0 aromatic heterocycles. The summed E-state index contributed by atoms with van der Waals surface area (Å²) in [6.45, 7) is 5.80. The van der Waals surface area contributed by atoms with Gasteiger partial charge in [-0.3, -0.25) is 4.79 Å². The molecule has 0 saturated carbocycles. The number of carbonyl (C=O) groups is 1. The Hall–Kier alpha value is -1.43. The molecule has 1 heterocycles. The lowest BCUT2D eigenvalue weighted by atomic mass is 9.83. The molecule has 1 fully saturated rings. The van der Waals surface area contributed by atoms with Crippen LogP contribution in [0.2, 0.25) is 0 Å². The van der Waals surface area contributed by atoms with Crippen LogP contribution < -0.4 is 0 Å². The van der Waals surface area contributed by atoms with Crippen molar-refractivity contribution in [2.45, 2.75) is 76.8 Å². The number of hydrogen-bond donors (Lipinski definition) is 3. The molecule has 1 aliphatic carbocycles. The van der Waals surface area contributed by atoms with Crippen LogP contribution in [0.4, 0.5) is 0 Å². The van der Waals surface area contributed by atoms with Gasteiger partial charge in [-0.1, -0.05) is 29.4 Å². The van der Waals surface area contributed by atoms with Crippen LogP contribution >= 0.6 is 0 Å². The van der Waals surface area contributed by atoms with Gasteiger partial charge in [-0.2, -0.15) is 0 Å². The van der Waals surface area contributed by atoms with Crippen LogP contribution in [-0.4, -0.2) is 45.2 Å². The minimum absolute atomic E-state index is 0.172. The van der Waals surface area contributed by atoms with Gasteiger partial charge >= 0.3 is 5.97 Å². The molecule has 4 atom stereocenters. The third kappa shape index (κ3) is 4.35. The van der Waals surface area contributed by atoms with Gasteiger partial charge in [0.2, 0.25) is 0 Å². The van der Waals surface area contributed by atoms with E-state index in [1.54, 1.807) is 13.0 Å². The van der Waals surface area contributed by atoms with E-state index in [0.717, 1.165) is 24.0 Å². The van der Waals surface area contributed by atoms with Crippen molar-refractivity contribution in [3.05, 3.63) is 34.9 Å². The number of carboxylic acids is 1. The Kier molecular flexibility index (Phi) is 6.01. The molecular weight excluding hydrogens is 308 g/mol. The maximum Gasteiger partial charge on any atom is 0.303 e. The molecule has 0 radical (unpaired) electrons. The summed E-state index contributed by atoms with van der Waals surface area (Å²) in [5.41, 5.74) is 2.41. The first-order chi connectivity index (χ1) is 11.3. The van der Waals surface area contributed by atoms with E-state index in [4.69, 9.17) is 9.84 Å². The fourth-order valence-corrected chi connectivity index (χ4v) is 3.17. The molecule has 4 unspecified atom stereocenters. The Morgan fingerprint density at radius 3 is 2.54 bits per heavy atom. The van der Waals surface area contributed by atoms with Crippen molar-refractivity contribution in [3.63, 3.8) is 0 Å². The molecule has 2 rings (SSSR count). The van der Waals surface area contributed by atoms with Crippen LogP contribution in [0.1, 0.15) is 52.9 Å². The molecular formula is C19H28O5. The molecule has 0 aromatic carbocycles. The van der Waals surface area contributed by atoms with Crippen LogP contribution in [-0.2, 0) is 9.53 Å². The van der Waals surface area contributed by atoms with Gasteiger partial charge in [0.05, 0.1) is 0 Å². The van der Waals surface area contributed by atoms with Crippen LogP contribution in [0, 0.1) is 0 Å². The zero-order valence-corrected chi connectivity index (χ0v) is 14.7. The summed E-state index contributed by atoms with van der Waals surface area (Å²) < 4.78 is 5.64. The Bertz CT molecular complexity index is 574. The van der Waals surface area contributed by atoms with Gasteiger partial charge < -0.3 is 20.1 Å². The van der Waals surface area contributed by atoms with Crippen LogP contribution in [0.5, 0.6) is 0 Å². The van der Waals surface area contributed by atoms with Gasteiger partial charge in [-0.05, 0) is 45.6 Å². The van der Waals surface area contributed by atoms with Crippen molar-refractivity contribution in [2.24, 2.45) is 0 Å². The topological polar surface area (TPSA) is 90.3 Å². The molecule has 0 spiro atoms. The standard InChI is InChI=1S/C19H28O5/c1-12(7-8-16(21)22)5-4-6-13(2)9-10-19-15(20)11-14(3)17(23)18(19)24-19/h5,9,11,15,17-18,20,23H,4,6-8,10H2,1-3H3,(H,21,22). The molecule has 134 valence electrons. The zero-order valence-electron chi connectivity index (χ0n) is 14.7. The quantitative estimate of drug-likeness (QED) is 0.468. The van der Waals surface area contributed by atoms with Gasteiger partial charge in [0.25, 0.3) is 0 Å². The largest absolute Gasteiger partial charge is 0.481 e. The molecule has 1 aliphatic heterocycles. The van der Waals surface area contributed by atoms with Crippen molar-refractivity contribution in [2.75, 3.05) is 0 Å². The lowest BCUT2D eigenvalue weighted by Gasteiger charge is -2.24. The Labute approximate surface area is 143 Å². The molecule has 24 heavy (non-hydrogen) atoms. The monoisotopic (exact) mass is 336 g/mol. The second-order valence-corrected chi connectivity index (χ2v) is 7.03. The van der Waals surface area contributed by atoms with E-state index in [0.29, 0.717) is 12.8 Å². The SMILES string of the molecule is CC(=CCC12OC1C(O)C(C)=CC2O)CCC=C(C)CCC(=O)O. The minimum atomic E-state index is -0.769. The number of rotatable bonds is 8. The number of hydrogen-bond acceptors (Lipinski definition) is 4. The number of ether oxygens (including phenoxy) is 1. The van der Waals surface area contributed by atoms with Crippen molar-refractivity contribution in [1.82, 2.24) is 0 Å². The lowest BCUT2D eigenvalue weighted by Crippen LogP contribution is -2.39. The first kappa shape index (κ1) is 18.9. The number of fused-ring (bicyclic) bond motifs is 1. The molecule has 3 N–H and O–H groups in total. The summed E-state index contributed by atoms with van der Waals surface area (Å²) in [6, 6.07) is 0. The highest BCUT2D eigenvalue weighted by Gasteiger charge is 2.65. The molecule has 0 amide bonds. The lowest BCUT2D eigenvalue weighted by molar-refractivity contribution is -0.136. The van der Waals surface area contributed by atoms with Crippen LogP contribution in [0.25, 0.3) is 0 Å². The molecule has 0 bridgehead atoms. The summed E-state index contributed by atoms with van der Waals surface area (Å²) in [4.78, 5) is 10.5. The molecule has 2 aliphatic rings. The molecule has 1 saturated heterocycles. The van der Waals surface area contributed by atoms with Gasteiger partial charge in [0, 0.05) is 12.8 Å². The summed E-state index contributed by atoms with van der Waals surface area (Å²) in [5, 5.41) is 28.9. The third-order valence-corrected chi connectivity index (χ3v) is 4.98. The number of carboxylic acid groups (broad SMARTS) is 1. The third-order valence-electron chi connectivity index (χ3n) is 4.98. The second kappa shape index (κ2) is 7.64. The number of aliphatic hydroxyl groups excluding tert-OH is 2. The van der Waals surface area contributed by atoms with Gasteiger partial charge in [0.15, 0.2) is 0 Å². The number of aliphatic carboxylic acids is 1. The average Bonchev–Trinajstić information content (AvgIpc) is 3.26. The summed E-state index contributed by atoms with van der Waals surface area (Å²) in [5.74, 6) is -0.769. The number of allylic oxidation sites excluding steroid dienone is 3. The van der Waals surface area contributed by atoms with Crippen molar-refractivity contribution in [1.29, 1.82) is 0 Å². The van der Waals surface area contributed by atoms with Crippen molar-refractivity contribution < 1.29 is 24.9 Å². The van der Waals surface area contributed by atoms with Gasteiger partial charge in [-0.25, -0.2) is 0 Å². The van der Waals surface area contributed by atoms with Gasteiger partial charge in [-0.15, -0.1) is 0 Å². The Balaban J connectivity index is 1.81. The number of epoxide rings is 1. The fourth-order valence-electron chi connectivity index (χ4n) is 3.17. The highest BCUT2D eigenvalue weighted by molar-refractivity contribution is 5.66. The van der Waals surface area contributed by atoms with E-state index < -0.39 is 23.8 Å². The smallest absolute Gasteiger partial charge is 0.303 e. The van der Waals surface area contributed by atoms with Crippen molar-refractivity contribution >= 4 is 5.97 Å². The molecule has 5 heteroatoms.